The molecule has 0 radical (unpaired) electrons. The fraction of sp³-hybridized carbons (Fsp3) is 0.636. The molecule has 0 aliphatic carbocycles. The second-order valence-electron chi connectivity index (χ2n) is 4.93. The predicted molar refractivity (Wildman–Crippen MR) is 76.5 cm³/mol. The molecule has 0 bridgehead atoms. The van der Waals surface area contributed by atoms with E-state index in [1.165, 1.54) is 7.11 Å². The normalized spacial score (nSPS) is 34.2. The minimum atomic E-state index is -2.12. The van der Waals surface area contributed by atoms with Gasteiger partial charge in [0.1, 0.15) is 11.9 Å². The first kappa shape index (κ1) is 15.4. The highest BCUT2D eigenvalue weighted by Crippen LogP contribution is 2.39. The molecule has 0 saturated carbocycles. The number of nitrogens with two attached hydrogens (primary N) is 1. The number of thiazole rings is 1. The first-order valence-electron chi connectivity index (χ1n) is 6.45. The molecule has 0 amide bonds. The third-order valence-electron chi connectivity index (χ3n) is 3.76. The Balaban J connectivity index is 2.03. The maximum absolute atomic E-state index is 12.2. The molecule has 1 fully saturated rings. The van der Waals surface area contributed by atoms with Crippen molar-refractivity contribution in [1.82, 2.24) is 4.57 Å². The van der Waals surface area contributed by atoms with Crippen molar-refractivity contribution in [3.63, 3.8) is 0 Å². The first-order chi connectivity index (χ1) is 10.4. The Morgan fingerprint density at radius 2 is 2.41 bits per heavy atom. The topological polar surface area (TPSA) is 152 Å². The zero-order valence-corrected chi connectivity index (χ0v) is 12.4. The molecule has 1 saturated heterocycles. The van der Waals surface area contributed by atoms with E-state index in [1.54, 1.807) is 0 Å². The molecule has 11 heteroatoms. The maximum Gasteiger partial charge on any atom is 0.311 e. The molecular weight excluding hydrogens is 316 g/mol. The fourth-order valence-corrected chi connectivity index (χ4v) is 3.46. The number of rotatable bonds is 3. The molecule has 1 aromatic heterocycles. The van der Waals surface area contributed by atoms with E-state index >= 15 is 0 Å². The Hall–Kier alpha value is -1.50. The van der Waals surface area contributed by atoms with Crippen LogP contribution < -0.4 is 15.9 Å². The van der Waals surface area contributed by atoms with Gasteiger partial charge in [0.05, 0.1) is 18.0 Å². The molecule has 0 spiro atoms. The minimum absolute atomic E-state index is 0.132. The van der Waals surface area contributed by atoms with Crippen LogP contribution in [0.25, 0.3) is 0 Å². The Morgan fingerprint density at radius 1 is 1.68 bits per heavy atom. The van der Waals surface area contributed by atoms with Gasteiger partial charge in [-0.1, -0.05) is 11.3 Å². The van der Waals surface area contributed by atoms with Gasteiger partial charge in [-0.2, -0.15) is 0 Å². The molecule has 2 aliphatic rings. The van der Waals surface area contributed by atoms with E-state index in [9.17, 15) is 20.1 Å². The average molecular weight is 332 g/mol. The van der Waals surface area contributed by atoms with Crippen molar-refractivity contribution >= 4 is 23.1 Å². The summed E-state index contributed by atoms with van der Waals surface area (Å²) in [7, 11) is 1.17. The highest BCUT2D eigenvalue weighted by atomic mass is 32.1. The molecule has 3 heterocycles. The standard InChI is InChI=1S/C11H16N4O6S/c1-20-11(19)5(3-16)21-8(6(11)17)15-7-4(22-10(15)18)2-13-9(12)14-7/h5-6,8,16-17,19H,2-3H2,1H3,(H3,12,13,14)/t5-,6+,8-,11+/m1/s1. The molecule has 22 heavy (non-hydrogen) atoms. The van der Waals surface area contributed by atoms with Crippen LogP contribution in [0.2, 0.25) is 0 Å². The molecule has 4 atom stereocenters. The van der Waals surface area contributed by atoms with E-state index in [-0.39, 0.29) is 12.5 Å². The second kappa shape index (κ2) is 5.30. The SMILES string of the molecule is CO[C@@]1(O)[C@@H](CO)O[C@@H](n2c3c(sc2=O)CN=C(N)N3)[C@@H]1O. The van der Waals surface area contributed by atoms with E-state index in [0.717, 1.165) is 15.9 Å². The number of methoxy groups -OCH3 is 1. The maximum atomic E-state index is 12.2. The first-order valence-corrected chi connectivity index (χ1v) is 7.27. The molecule has 0 unspecified atom stereocenters. The third kappa shape index (κ3) is 2.06. The Labute approximate surface area is 128 Å². The summed E-state index contributed by atoms with van der Waals surface area (Å²) in [6.07, 6.45) is -4.00. The Bertz CT molecular complexity index is 672. The molecule has 3 rings (SSSR count). The lowest BCUT2D eigenvalue weighted by Gasteiger charge is -2.28. The summed E-state index contributed by atoms with van der Waals surface area (Å²) in [5.41, 5.74) is 5.60. The van der Waals surface area contributed by atoms with Crippen LogP contribution >= 0.6 is 11.3 Å². The van der Waals surface area contributed by atoms with E-state index in [4.69, 9.17) is 15.2 Å². The third-order valence-corrected chi connectivity index (χ3v) is 4.70. The van der Waals surface area contributed by atoms with E-state index in [1.807, 2.05) is 0 Å². The number of aliphatic hydroxyl groups excluding tert-OH is 2. The lowest BCUT2D eigenvalue weighted by atomic mass is 10.1. The summed E-state index contributed by atoms with van der Waals surface area (Å²) in [6.45, 7) is -0.349. The number of anilines is 1. The van der Waals surface area contributed by atoms with Crippen LogP contribution in [-0.4, -0.2) is 57.6 Å². The number of nitrogens with zero attached hydrogens (tertiary/aromatic N) is 2. The van der Waals surface area contributed by atoms with Gasteiger partial charge in [0, 0.05) is 7.11 Å². The van der Waals surface area contributed by atoms with Crippen LogP contribution in [0.3, 0.4) is 0 Å². The number of aromatic nitrogens is 1. The van der Waals surface area contributed by atoms with Crippen molar-refractivity contribution < 1.29 is 24.8 Å². The van der Waals surface area contributed by atoms with Crippen molar-refractivity contribution in [3.8, 4) is 0 Å². The van der Waals surface area contributed by atoms with Gasteiger partial charge in [0.25, 0.3) is 0 Å². The zero-order chi connectivity index (χ0) is 16.1. The predicted octanol–water partition coefficient (Wildman–Crippen LogP) is -2.26. The number of ether oxygens (including phenoxy) is 2. The van der Waals surface area contributed by atoms with Crippen LogP contribution in [0.4, 0.5) is 5.82 Å². The lowest BCUT2D eigenvalue weighted by molar-refractivity contribution is -0.252. The summed E-state index contributed by atoms with van der Waals surface area (Å²) in [5, 5.41) is 32.7. The van der Waals surface area contributed by atoms with Crippen molar-refractivity contribution in [2.45, 2.75) is 30.8 Å². The number of nitrogens with one attached hydrogen (secondary N) is 1. The molecule has 10 nitrogen and oxygen atoms in total. The number of hydrogen-bond donors (Lipinski definition) is 5. The zero-order valence-electron chi connectivity index (χ0n) is 11.6. The number of guanidine groups is 1. The second-order valence-corrected chi connectivity index (χ2v) is 5.98. The van der Waals surface area contributed by atoms with Gasteiger partial charge < -0.3 is 35.8 Å². The van der Waals surface area contributed by atoms with Gasteiger partial charge in [0.15, 0.2) is 18.3 Å². The van der Waals surface area contributed by atoms with E-state index in [0.29, 0.717) is 10.7 Å². The molecule has 6 N–H and O–H groups in total. The molecular formula is C11H16N4O6S. The molecule has 2 aliphatic heterocycles. The van der Waals surface area contributed by atoms with Gasteiger partial charge in [-0.3, -0.25) is 9.36 Å². The Morgan fingerprint density at radius 3 is 3.00 bits per heavy atom. The number of aliphatic hydroxyl groups is 3. The van der Waals surface area contributed by atoms with Crippen LogP contribution in [0.5, 0.6) is 0 Å². The van der Waals surface area contributed by atoms with E-state index in [2.05, 4.69) is 10.3 Å². The monoisotopic (exact) mass is 332 g/mol. The molecule has 122 valence electrons. The van der Waals surface area contributed by atoms with Crippen molar-refractivity contribution in [2.75, 3.05) is 19.0 Å². The summed E-state index contributed by atoms with van der Waals surface area (Å²) in [4.78, 5) is 16.4. The largest absolute Gasteiger partial charge is 0.393 e. The highest BCUT2D eigenvalue weighted by Gasteiger charge is 2.57. The minimum Gasteiger partial charge on any atom is -0.393 e. The van der Waals surface area contributed by atoms with Crippen LogP contribution in [0.1, 0.15) is 11.1 Å². The number of hydrogen-bond acceptors (Lipinski definition) is 10. The van der Waals surface area contributed by atoms with Crippen LogP contribution in [0.15, 0.2) is 9.79 Å². The number of aliphatic imine (C=N–C) groups is 1. The summed E-state index contributed by atoms with van der Waals surface area (Å²) in [5.74, 6) is -1.64. The van der Waals surface area contributed by atoms with Gasteiger partial charge in [-0.25, -0.2) is 4.99 Å². The summed E-state index contributed by atoms with van der Waals surface area (Å²) < 4.78 is 11.5. The van der Waals surface area contributed by atoms with Crippen LogP contribution in [-0.2, 0) is 16.0 Å². The van der Waals surface area contributed by atoms with Gasteiger partial charge >= 0.3 is 4.87 Å². The van der Waals surface area contributed by atoms with Crippen LogP contribution in [0, 0.1) is 0 Å². The van der Waals surface area contributed by atoms with Gasteiger partial charge in [0.2, 0.25) is 5.79 Å². The number of fused-ring (bicyclic) bond motifs is 1. The average Bonchev–Trinajstić information content (AvgIpc) is 2.94. The van der Waals surface area contributed by atoms with Gasteiger partial charge in [-0.15, -0.1) is 0 Å². The smallest absolute Gasteiger partial charge is 0.311 e. The Kier molecular flexibility index (Phi) is 3.71. The molecule has 1 aromatic rings. The molecule has 0 aromatic carbocycles. The summed E-state index contributed by atoms with van der Waals surface area (Å²) in [6, 6.07) is 0. The van der Waals surface area contributed by atoms with Gasteiger partial charge in [-0.05, 0) is 0 Å². The highest BCUT2D eigenvalue weighted by molar-refractivity contribution is 7.09. The van der Waals surface area contributed by atoms with Crippen molar-refractivity contribution in [1.29, 1.82) is 0 Å². The van der Waals surface area contributed by atoms with Crippen molar-refractivity contribution in [3.05, 3.63) is 14.5 Å². The quantitative estimate of drug-likeness (QED) is 0.389. The van der Waals surface area contributed by atoms with E-state index < -0.39 is 35.7 Å². The van der Waals surface area contributed by atoms with Crippen molar-refractivity contribution in [2.24, 2.45) is 10.7 Å². The summed E-state index contributed by atoms with van der Waals surface area (Å²) >= 11 is 0.931. The fourth-order valence-electron chi connectivity index (χ4n) is 2.58. The lowest BCUT2D eigenvalue weighted by Crippen LogP contribution is -2.50.